The van der Waals surface area contributed by atoms with Crippen molar-refractivity contribution in [3.8, 4) is 11.4 Å². The monoisotopic (exact) mass is 1090 g/mol. The lowest BCUT2D eigenvalue weighted by Crippen LogP contribution is -2.52. The standard InChI is InChI=1S/C56H63FN8O14/c1-3-56(76)37-22-42-51-35(26-65(42)54(74)36(37)27-78-55(56)75)50-39(16-15-34-30(2)38(57)23-40(62-51)49(34)50)63-52(72)32-13-14-33(21-32)79-29-60-44(67)24-59-53(73)41(20-31-10-6-4-7-11-31)61-45(68)28-77-48(71)25-58-43(66)12-8-5-9-19-64-46(69)17-18-47(64)70/h4,6-7,10-11,17-18,22-23,32-33,39,41,44,60,67,76H,3,5,8-9,12-16,19-21,24-29H2,1-2H3,(H,58,66)(H,59,73)(H,61,68)(H,63,72)/t32?,33?,39?,41-,44?,56-/m0/s1. The third-order valence-electron chi connectivity index (χ3n) is 15.5. The Morgan fingerprint density at radius 2 is 1.72 bits per heavy atom. The third-order valence-corrected chi connectivity index (χ3v) is 15.5. The maximum atomic E-state index is 15.5. The number of benzene rings is 2. The molecule has 9 rings (SSSR count). The number of halogens is 1. The number of hydrogen-bond donors (Lipinski definition) is 7. The van der Waals surface area contributed by atoms with Gasteiger partial charge >= 0.3 is 11.9 Å². The van der Waals surface area contributed by atoms with Gasteiger partial charge in [-0.05, 0) is 86.6 Å². The number of cyclic esters (lactones) is 1. The lowest BCUT2D eigenvalue weighted by Gasteiger charge is -2.31. The number of unbranched alkanes of at least 4 members (excludes halogenated alkanes) is 2. The third kappa shape index (κ3) is 12.1. The minimum absolute atomic E-state index is 0.0289. The Hall–Kier alpha value is -7.73. The molecule has 5 aliphatic rings. The maximum Gasteiger partial charge on any atom is 0.343 e. The second-order valence-corrected chi connectivity index (χ2v) is 20.5. The van der Waals surface area contributed by atoms with E-state index in [4.69, 9.17) is 19.2 Å². The highest BCUT2D eigenvalue weighted by atomic mass is 19.1. The quantitative estimate of drug-likeness (QED) is 0.0212. The molecule has 22 nitrogen and oxygen atoms in total. The van der Waals surface area contributed by atoms with E-state index in [0.29, 0.717) is 85.0 Å². The van der Waals surface area contributed by atoms with Crippen molar-refractivity contribution < 1.29 is 67.2 Å². The van der Waals surface area contributed by atoms with Crippen molar-refractivity contribution in [2.24, 2.45) is 5.92 Å². The number of hydrogen-bond acceptors (Lipinski definition) is 16. The number of pyridine rings is 2. The van der Waals surface area contributed by atoms with Crippen LogP contribution in [0.2, 0.25) is 0 Å². The highest BCUT2D eigenvalue weighted by Gasteiger charge is 2.46. The van der Waals surface area contributed by atoms with Crippen LogP contribution in [-0.4, -0.2) is 123 Å². The van der Waals surface area contributed by atoms with E-state index in [9.17, 15) is 53.4 Å². The zero-order chi connectivity index (χ0) is 56.1. The summed E-state index contributed by atoms with van der Waals surface area (Å²) in [5, 5.41) is 36.6. The molecule has 6 atom stereocenters. The van der Waals surface area contributed by atoms with Gasteiger partial charge in [-0.15, -0.1) is 0 Å². The fourth-order valence-electron chi connectivity index (χ4n) is 11.1. The lowest BCUT2D eigenvalue weighted by atomic mass is 9.81. The Morgan fingerprint density at radius 1 is 0.949 bits per heavy atom. The number of rotatable bonds is 23. The number of aryl methyl sites for hydroxylation is 1. The maximum absolute atomic E-state index is 15.5. The Balaban J connectivity index is 0.735. The summed E-state index contributed by atoms with van der Waals surface area (Å²) in [5.41, 5.74) is 2.42. The predicted molar refractivity (Wildman–Crippen MR) is 278 cm³/mol. The molecule has 6 amide bonds. The lowest BCUT2D eigenvalue weighted by molar-refractivity contribution is -0.172. The van der Waals surface area contributed by atoms with Crippen LogP contribution in [0.15, 0.2) is 59.4 Å². The van der Waals surface area contributed by atoms with Gasteiger partial charge in [0.05, 0.1) is 54.4 Å². The number of amides is 6. The van der Waals surface area contributed by atoms with Gasteiger partial charge in [-0.2, -0.15) is 0 Å². The number of carbonyl (C=O) groups is 8. The number of esters is 2. The van der Waals surface area contributed by atoms with Crippen molar-refractivity contribution in [3.63, 3.8) is 0 Å². The summed E-state index contributed by atoms with van der Waals surface area (Å²) in [6.45, 7) is 1.77. The van der Waals surface area contributed by atoms with E-state index in [1.807, 2.05) is 0 Å². The van der Waals surface area contributed by atoms with Crippen LogP contribution in [0.1, 0.15) is 110 Å². The molecule has 7 N–H and O–H groups in total. The Morgan fingerprint density at radius 3 is 2.48 bits per heavy atom. The van der Waals surface area contributed by atoms with E-state index in [0.717, 1.165) is 21.4 Å². The van der Waals surface area contributed by atoms with Gasteiger partial charge < -0.3 is 50.3 Å². The normalized spacial score (nSPS) is 20.5. The second kappa shape index (κ2) is 24.1. The molecular weight excluding hydrogens is 1030 g/mol. The molecule has 0 spiro atoms. The van der Waals surface area contributed by atoms with Crippen molar-refractivity contribution in [1.29, 1.82) is 0 Å². The summed E-state index contributed by atoms with van der Waals surface area (Å²) in [6, 6.07) is 10.2. The van der Waals surface area contributed by atoms with Gasteiger partial charge in [0, 0.05) is 60.0 Å². The number of carbonyl (C=O) groups excluding carboxylic acids is 8. The first-order chi connectivity index (χ1) is 37.9. The molecule has 1 fully saturated rings. The van der Waals surface area contributed by atoms with Crippen molar-refractivity contribution in [3.05, 3.63) is 110 Å². The number of aliphatic hydroxyl groups is 2. The molecule has 2 aromatic heterocycles. The number of nitrogens with zero attached hydrogens (tertiary/aromatic N) is 3. The molecule has 0 bridgehead atoms. The molecule has 1 saturated carbocycles. The van der Waals surface area contributed by atoms with Crippen LogP contribution in [0.3, 0.4) is 0 Å². The van der Waals surface area contributed by atoms with Gasteiger partial charge in [-0.3, -0.25) is 48.6 Å². The number of fused-ring (bicyclic) bond motifs is 5. The molecule has 3 aliphatic heterocycles. The highest BCUT2D eigenvalue weighted by molar-refractivity contribution is 6.12. The predicted octanol–water partition coefficient (Wildman–Crippen LogP) is 1.67. The summed E-state index contributed by atoms with van der Waals surface area (Å²) in [4.78, 5) is 121. The molecule has 79 heavy (non-hydrogen) atoms. The topological polar surface area (TPSA) is 303 Å². The van der Waals surface area contributed by atoms with Crippen LogP contribution in [-0.2, 0) is 84.2 Å². The van der Waals surface area contributed by atoms with Crippen molar-refractivity contribution in [1.82, 2.24) is 41.0 Å². The van der Waals surface area contributed by atoms with Crippen molar-refractivity contribution in [2.45, 2.75) is 128 Å². The molecular formula is C56H63FN8O14. The number of imide groups is 1. The SMILES string of the molecule is CC[C@@]1(O)C(=O)OCc2c1cc1n(c2=O)Cc2c-1nc1cc(F)c(C)c3c1c2C(NC(=O)C1CCC(OCNC(O)CNC(=O)[C@H](Cc2ccccc2)NC(=O)COC(=O)CNC(=O)CCCCCN2C(=O)C=CC2=O)C1)CC3. The van der Waals surface area contributed by atoms with E-state index in [2.05, 4.69) is 26.6 Å². The summed E-state index contributed by atoms with van der Waals surface area (Å²) in [7, 11) is 0. The Labute approximate surface area is 452 Å². The van der Waals surface area contributed by atoms with Crippen molar-refractivity contribution >= 4 is 58.3 Å². The zero-order valence-corrected chi connectivity index (χ0v) is 43.8. The zero-order valence-electron chi connectivity index (χ0n) is 43.8. The van der Waals surface area contributed by atoms with E-state index in [1.54, 1.807) is 50.2 Å². The smallest absolute Gasteiger partial charge is 0.343 e. The first-order valence-electron chi connectivity index (χ1n) is 26.7. The van der Waals surface area contributed by atoms with Gasteiger partial charge in [0.1, 0.15) is 31.2 Å². The number of aromatic nitrogens is 2. The van der Waals surface area contributed by atoms with Gasteiger partial charge in [0.25, 0.3) is 23.3 Å². The molecule has 5 heterocycles. The molecule has 2 aromatic carbocycles. The summed E-state index contributed by atoms with van der Waals surface area (Å²) in [5.74, 6) is -5.36. The van der Waals surface area contributed by atoms with E-state index < -0.39 is 84.0 Å². The van der Waals surface area contributed by atoms with Crippen LogP contribution in [0.25, 0.3) is 22.3 Å². The molecule has 4 unspecified atom stereocenters. The number of nitrogens with one attached hydrogen (secondary N) is 5. The minimum atomic E-state index is -2.03. The van der Waals surface area contributed by atoms with Gasteiger partial charge in [0.2, 0.25) is 17.7 Å². The number of ether oxygens (including phenoxy) is 3. The van der Waals surface area contributed by atoms with Gasteiger partial charge in [-0.25, -0.2) is 14.2 Å². The average Bonchev–Trinajstić information content (AvgIpc) is 3.45. The van der Waals surface area contributed by atoms with Crippen LogP contribution in [0, 0.1) is 18.7 Å². The van der Waals surface area contributed by atoms with E-state index in [1.165, 1.54) is 22.8 Å². The molecule has 2 aliphatic carbocycles. The first-order valence-corrected chi connectivity index (χ1v) is 26.7. The molecule has 418 valence electrons. The van der Waals surface area contributed by atoms with E-state index in [-0.39, 0.29) is 87.2 Å². The summed E-state index contributed by atoms with van der Waals surface area (Å²) in [6.07, 6.45) is 4.83. The first kappa shape index (κ1) is 56.0. The fraction of sp³-hybridized carbons (Fsp3) is 0.464. The highest BCUT2D eigenvalue weighted by Crippen LogP contribution is 2.46. The van der Waals surface area contributed by atoms with Crippen LogP contribution >= 0.6 is 0 Å². The molecule has 0 radical (unpaired) electrons. The van der Waals surface area contributed by atoms with E-state index >= 15 is 4.39 Å². The van der Waals surface area contributed by atoms with Crippen LogP contribution in [0.4, 0.5) is 4.39 Å². The Kier molecular flexibility index (Phi) is 17.1. The van der Waals surface area contributed by atoms with Gasteiger partial charge in [-0.1, -0.05) is 43.7 Å². The number of aliphatic hydroxyl groups excluding tert-OH is 1. The fourth-order valence-corrected chi connectivity index (χ4v) is 11.1. The summed E-state index contributed by atoms with van der Waals surface area (Å²) < 4.78 is 33.3. The second-order valence-electron chi connectivity index (χ2n) is 20.5. The van der Waals surface area contributed by atoms with Crippen molar-refractivity contribution in [2.75, 3.05) is 33.0 Å². The Bertz CT molecular complexity index is 3180. The average molecular weight is 1090 g/mol. The largest absolute Gasteiger partial charge is 0.458 e. The molecule has 4 aromatic rings. The summed E-state index contributed by atoms with van der Waals surface area (Å²) >= 11 is 0. The molecule has 23 heteroatoms. The van der Waals surface area contributed by atoms with Gasteiger partial charge in [0.15, 0.2) is 12.2 Å². The minimum Gasteiger partial charge on any atom is -0.458 e. The molecule has 0 saturated heterocycles. The van der Waals surface area contributed by atoms with Crippen LogP contribution in [0.5, 0.6) is 0 Å². The van der Waals surface area contributed by atoms with Crippen LogP contribution < -0.4 is 32.1 Å².